The highest BCUT2D eigenvalue weighted by Gasteiger charge is 2.14. The summed E-state index contributed by atoms with van der Waals surface area (Å²) in [6.07, 6.45) is 3.19. The van der Waals surface area contributed by atoms with Crippen LogP contribution in [0.1, 0.15) is 26.3 Å². The zero-order valence-corrected chi connectivity index (χ0v) is 15.6. The van der Waals surface area contributed by atoms with Crippen LogP contribution in [-0.4, -0.2) is 41.1 Å². The third-order valence-electron chi connectivity index (χ3n) is 4.41. The van der Waals surface area contributed by atoms with Crippen LogP contribution < -0.4 is 11.1 Å². The number of pyridine rings is 1. The molecule has 8 heteroatoms. The Bertz CT molecular complexity index is 1080. The Morgan fingerprint density at radius 3 is 2.52 bits per heavy atom. The quantitative estimate of drug-likeness (QED) is 0.547. The lowest BCUT2D eigenvalue weighted by molar-refractivity contribution is -0.138. The van der Waals surface area contributed by atoms with Gasteiger partial charge in [-0.15, -0.1) is 0 Å². The number of carbonyl (C=O) groups excluding carboxylic acids is 2. The van der Waals surface area contributed by atoms with E-state index in [2.05, 4.69) is 10.3 Å². The van der Waals surface area contributed by atoms with E-state index in [0.717, 1.165) is 5.56 Å². The minimum Gasteiger partial charge on any atom is -0.480 e. The normalized spacial score (nSPS) is 11.7. The Labute approximate surface area is 166 Å². The topological polar surface area (TPSA) is 132 Å². The van der Waals surface area contributed by atoms with Gasteiger partial charge in [0.1, 0.15) is 6.04 Å². The van der Waals surface area contributed by atoms with Crippen LogP contribution in [0.4, 0.5) is 5.69 Å². The Hall–Kier alpha value is -3.78. The van der Waals surface area contributed by atoms with Gasteiger partial charge < -0.3 is 20.9 Å². The average molecular weight is 393 g/mol. The summed E-state index contributed by atoms with van der Waals surface area (Å²) < 4.78 is 4.75. The van der Waals surface area contributed by atoms with Crippen LogP contribution >= 0.6 is 0 Å². The summed E-state index contributed by atoms with van der Waals surface area (Å²) in [7, 11) is 1.30. The Morgan fingerprint density at radius 1 is 1.14 bits per heavy atom. The summed E-state index contributed by atoms with van der Waals surface area (Å²) in [5.41, 5.74) is 7.56. The molecule has 0 saturated heterocycles. The molecule has 0 aliphatic heterocycles. The predicted molar refractivity (Wildman–Crippen MR) is 107 cm³/mol. The van der Waals surface area contributed by atoms with Crippen molar-refractivity contribution in [2.45, 2.75) is 12.5 Å². The van der Waals surface area contributed by atoms with Crippen LogP contribution in [0.2, 0.25) is 0 Å². The van der Waals surface area contributed by atoms with E-state index in [1.54, 1.807) is 48.7 Å². The number of fused-ring (bicyclic) bond motifs is 1. The van der Waals surface area contributed by atoms with Crippen molar-refractivity contribution in [1.29, 1.82) is 0 Å². The molecule has 1 amide bonds. The van der Waals surface area contributed by atoms with E-state index in [0.29, 0.717) is 27.6 Å². The van der Waals surface area contributed by atoms with Crippen molar-refractivity contribution >= 4 is 34.3 Å². The van der Waals surface area contributed by atoms with Gasteiger partial charge in [-0.2, -0.15) is 0 Å². The highest BCUT2D eigenvalue weighted by Crippen LogP contribution is 2.21. The number of nitrogens with zero attached hydrogens (tertiary/aromatic N) is 1. The summed E-state index contributed by atoms with van der Waals surface area (Å²) in [4.78, 5) is 39.3. The monoisotopic (exact) mass is 393 g/mol. The number of hydrogen-bond acceptors (Lipinski definition) is 6. The molecule has 0 unspecified atom stereocenters. The van der Waals surface area contributed by atoms with E-state index in [9.17, 15) is 14.4 Å². The Balaban J connectivity index is 1.76. The van der Waals surface area contributed by atoms with Gasteiger partial charge >= 0.3 is 11.9 Å². The Kier molecular flexibility index (Phi) is 5.85. The molecule has 1 heterocycles. The number of anilines is 1. The molecular weight excluding hydrogens is 374 g/mol. The summed E-state index contributed by atoms with van der Waals surface area (Å²) in [6.45, 7) is 0. The fourth-order valence-corrected chi connectivity index (χ4v) is 2.86. The number of ether oxygens (including phenoxy) is 1. The Morgan fingerprint density at radius 2 is 1.86 bits per heavy atom. The molecule has 29 heavy (non-hydrogen) atoms. The molecule has 4 N–H and O–H groups in total. The van der Waals surface area contributed by atoms with E-state index in [1.807, 2.05) is 0 Å². The molecule has 1 atom stereocenters. The molecule has 3 rings (SSSR count). The molecule has 1 aromatic heterocycles. The molecule has 0 aliphatic rings. The van der Waals surface area contributed by atoms with Crippen molar-refractivity contribution in [3.05, 3.63) is 71.5 Å². The molecule has 0 spiro atoms. The van der Waals surface area contributed by atoms with Gasteiger partial charge in [0.25, 0.3) is 5.91 Å². The van der Waals surface area contributed by atoms with Crippen LogP contribution in [0.3, 0.4) is 0 Å². The number of carbonyl (C=O) groups is 3. The van der Waals surface area contributed by atoms with Gasteiger partial charge in [-0.05, 0) is 41.6 Å². The first kappa shape index (κ1) is 20.0. The van der Waals surface area contributed by atoms with Crippen molar-refractivity contribution in [3.63, 3.8) is 0 Å². The summed E-state index contributed by atoms with van der Waals surface area (Å²) in [5, 5.41) is 12.9. The van der Waals surface area contributed by atoms with E-state index >= 15 is 0 Å². The van der Waals surface area contributed by atoms with Crippen LogP contribution in [0.15, 0.2) is 54.9 Å². The minimum absolute atomic E-state index is 0.198. The van der Waals surface area contributed by atoms with Crippen LogP contribution in [0.25, 0.3) is 10.8 Å². The van der Waals surface area contributed by atoms with Gasteiger partial charge in [-0.3, -0.25) is 14.6 Å². The second-order valence-corrected chi connectivity index (χ2v) is 6.41. The number of carboxylic acids is 1. The van der Waals surface area contributed by atoms with Crippen molar-refractivity contribution in [3.8, 4) is 0 Å². The molecule has 0 fully saturated rings. The van der Waals surface area contributed by atoms with Crippen molar-refractivity contribution in [2.24, 2.45) is 5.73 Å². The maximum atomic E-state index is 12.6. The molecule has 0 radical (unpaired) electrons. The number of hydrogen-bond donors (Lipinski definition) is 3. The van der Waals surface area contributed by atoms with E-state index in [1.165, 1.54) is 13.3 Å². The largest absolute Gasteiger partial charge is 0.480 e. The lowest BCUT2D eigenvalue weighted by Crippen LogP contribution is -2.32. The number of carboxylic acid groups (broad SMARTS) is 1. The summed E-state index contributed by atoms with van der Waals surface area (Å²) in [6, 6.07) is 10.7. The van der Waals surface area contributed by atoms with Crippen LogP contribution in [0.5, 0.6) is 0 Å². The number of nitrogens with two attached hydrogens (primary N) is 1. The van der Waals surface area contributed by atoms with Crippen molar-refractivity contribution < 1.29 is 24.2 Å². The van der Waals surface area contributed by atoms with E-state index in [-0.39, 0.29) is 12.3 Å². The van der Waals surface area contributed by atoms with Gasteiger partial charge in [0.2, 0.25) is 0 Å². The number of esters is 1. The number of methoxy groups -OCH3 is 1. The second-order valence-electron chi connectivity index (χ2n) is 6.41. The van der Waals surface area contributed by atoms with Gasteiger partial charge in [0, 0.05) is 29.0 Å². The van der Waals surface area contributed by atoms with Crippen molar-refractivity contribution in [1.82, 2.24) is 4.98 Å². The first-order valence-corrected chi connectivity index (χ1v) is 8.74. The molecular formula is C21H19N3O5. The minimum atomic E-state index is -1.07. The van der Waals surface area contributed by atoms with Crippen molar-refractivity contribution in [2.75, 3.05) is 12.4 Å². The number of benzene rings is 2. The van der Waals surface area contributed by atoms with Crippen LogP contribution in [0, 0.1) is 0 Å². The van der Waals surface area contributed by atoms with Gasteiger partial charge in [0.05, 0.1) is 12.7 Å². The number of aliphatic carboxylic acids is 1. The zero-order valence-electron chi connectivity index (χ0n) is 15.6. The van der Waals surface area contributed by atoms with Gasteiger partial charge in [-0.25, -0.2) is 4.79 Å². The first-order valence-electron chi connectivity index (χ1n) is 8.74. The molecule has 0 aliphatic carbocycles. The molecule has 8 nitrogen and oxygen atoms in total. The molecule has 148 valence electrons. The maximum Gasteiger partial charge on any atom is 0.340 e. The fourth-order valence-electron chi connectivity index (χ4n) is 2.86. The van der Waals surface area contributed by atoms with Gasteiger partial charge in [-0.1, -0.05) is 18.2 Å². The highest BCUT2D eigenvalue weighted by atomic mass is 16.5. The molecule has 3 aromatic rings. The standard InChI is InChI=1S/C21H19N3O5/c1-29-21(28)17-11-23-10-14-9-13(4-7-16(14)17)19(25)24-15-5-2-12(3-6-15)8-18(22)20(26)27/h2-7,9-11,18H,8,22H2,1H3,(H,24,25)(H,26,27)/t18-/m0/s1. The average Bonchev–Trinajstić information content (AvgIpc) is 2.73. The zero-order chi connectivity index (χ0) is 21.0. The van der Waals surface area contributed by atoms with Gasteiger partial charge in [0.15, 0.2) is 0 Å². The maximum absolute atomic E-state index is 12.6. The number of rotatable bonds is 6. The smallest absolute Gasteiger partial charge is 0.340 e. The molecule has 0 saturated carbocycles. The second kappa shape index (κ2) is 8.49. The SMILES string of the molecule is COC(=O)c1cncc2cc(C(=O)Nc3ccc(C[C@H](N)C(=O)O)cc3)ccc12. The molecule has 2 aromatic carbocycles. The molecule has 0 bridgehead atoms. The lowest BCUT2D eigenvalue weighted by atomic mass is 10.0. The number of nitrogens with one attached hydrogen (secondary N) is 1. The number of amides is 1. The predicted octanol–water partition coefficient (Wildman–Crippen LogP) is 2.23. The van der Waals surface area contributed by atoms with Crippen LogP contribution in [-0.2, 0) is 16.0 Å². The third kappa shape index (κ3) is 4.56. The third-order valence-corrected chi connectivity index (χ3v) is 4.41. The fraction of sp³-hybridized carbons (Fsp3) is 0.143. The van der Waals surface area contributed by atoms with E-state index in [4.69, 9.17) is 15.6 Å². The highest BCUT2D eigenvalue weighted by molar-refractivity contribution is 6.09. The van der Waals surface area contributed by atoms with E-state index < -0.39 is 18.0 Å². The summed E-state index contributed by atoms with van der Waals surface area (Å²) in [5.74, 6) is -1.89. The first-order chi connectivity index (χ1) is 13.9. The summed E-state index contributed by atoms with van der Waals surface area (Å²) >= 11 is 0. The number of aromatic nitrogens is 1. The lowest BCUT2D eigenvalue weighted by Gasteiger charge is -2.10.